The Bertz CT molecular complexity index is 899. The van der Waals surface area contributed by atoms with Gasteiger partial charge in [-0.3, -0.25) is 4.72 Å². The lowest BCUT2D eigenvalue weighted by Gasteiger charge is -2.19. The second kappa shape index (κ2) is 7.11. The number of aromatic nitrogens is 2. The van der Waals surface area contributed by atoms with Crippen LogP contribution in [-0.2, 0) is 10.0 Å². The highest BCUT2D eigenvalue weighted by Crippen LogP contribution is 2.27. The van der Waals surface area contributed by atoms with Crippen molar-refractivity contribution >= 4 is 21.7 Å². The fourth-order valence-electron chi connectivity index (χ4n) is 3.12. The summed E-state index contributed by atoms with van der Waals surface area (Å²) in [6.45, 7) is 7.28. The molecule has 0 amide bonds. The molecule has 0 spiro atoms. The van der Waals surface area contributed by atoms with Crippen LogP contribution in [0.1, 0.15) is 29.8 Å². The Hall–Kier alpha value is -2.35. The third-order valence-corrected chi connectivity index (χ3v) is 5.91. The Balaban J connectivity index is 1.91. The average Bonchev–Trinajstić information content (AvgIpc) is 3.12. The summed E-state index contributed by atoms with van der Waals surface area (Å²) in [5.41, 5.74) is 2.42. The molecule has 1 saturated heterocycles. The summed E-state index contributed by atoms with van der Waals surface area (Å²) in [4.78, 5) is 11.3. The highest BCUT2D eigenvalue weighted by molar-refractivity contribution is 7.92. The number of benzene rings is 1. The largest absolute Gasteiger partial charge is 0.496 e. The highest BCUT2D eigenvalue weighted by atomic mass is 32.2. The molecular weight excluding hydrogens is 352 g/mol. The number of anilines is 2. The van der Waals surface area contributed by atoms with E-state index in [4.69, 9.17) is 4.74 Å². The summed E-state index contributed by atoms with van der Waals surface area (Å²) in [5, 5.41) is 0. The molecule has 2 aromatic rings. The van der Waals surface area contributed by atoms with Crippen LogP contribution < -0.4 is 14.4 Å². The van der Waals surface area contributed by atoms with Crippen LogP contribution in [0.15, 0.2) is 23.1 Å². The zero-order valence-corrected chi connectivity index (χ0v) is 16.4. The van der Waals surface area contributed by atoms with Crippen LogP contribution >= 0.6 is 0 Å². The van der Waals surface area contributed by atoms with Crippen molar-refractivity contribution in [2.45, 2.75) is 38.5 Å². The maximum absolute atomic E-state index is 12.8. The van der Waals surface area contributed by atoms with Crippen LogP contribution in [0, 0.1) is 20.8 Å². The number of rotatable bonds is 5. The molecule has 8 heteroatoms. The molecule has 1 aromatic heterocycles. The van der Waals surface area contributed by atoms with Crippen molar-refractivity contribution in [1.29, 1.82) is 0 Å². The van der Waals surface area contributed by atoms with E-state index in [1.165, 1.54) is 6.07 Å². The van der Waals surface area contributed by atoms with E-state index in [-0.39, 0.29) is 4.90 Å². The molecule has 0 bridgehead atoms. The molecule has 0 unspecified atom stereocenters. The first-order chi connectivity index (χ1) is 12.3. The first kappa shape index (κ1) is 18.4. The van der Waals surface area contributed by atoms with Crippen LogP contribution in [0.3, 0.4) is 0 Å². The van der Waals surface area contributed by atoms with E-state index in [1.807, 2.05) is 6.92 Å². The molecule has 2 heterocycles. The fourth-order valence-corrected chi connectivity index (χ4v) is 4.38. The SMILES string of the molecule is COc1ccc(S(=O)(=O)Nc2c(C)nc(N3CCCC3)nc2C)cc1C. The first-order valence-corrected chi connectivity index (χ1v) is 10.1. The van der Waals surface area contributed by atoms with Gasteiger partial charge in [-0.2, -0.15) is 0 Å². The molecule has 1 aliphatic heterocycles. The van der Waals surface area contributed by atoms with Gasteiger partial charge >= 0.3 is 0 Å². The van der Waals surface area contributed by atoms with Crippen LogP contribution in [0.2, 0.25) is 0 Å². The predicted molar refractivity (Wildman–Crippen MR) is 101 cm³/mol. The molecule has 1 aliphatic rings. The quantitative estimate of drug-likeness (QED) is 0.864. The predicted octanol–water partition coefficient (Wildman–Crippen LogP) is 2.81. The number of nitrogens with zero attached hydrogens (tertiary/aromatic N) is 3. The first-order valence-electron chi connectivity index (χ1n) is 8.59. The number of aryl methyl sites for hydroxylation is 3. The molecule has 140 valence electrons. The Morgan fingerprint density at radius 2 is 1.69 bits per heavy atom. The number of hydrogen-bond acceptors (Lipinski definition) is 6. The Labute approximate surface area is 154 Å². The summed E-state index contributed by atoms with van der Waals surface area (Å²) < 4.78 is 33.4. The number of sulfonamides is 1. The maximum Gasteiger partial charge on any atom is 0.262 e. The minimum absolute atomic E-state index is 0.179. The lowest BCUT2D eigenvalue weighted by atomic mass is 10.2. The Morgan fingerprint density at radius 3 is 2.23 bits per heavy atom. The van der Waals surface area contributed by atoms with Crippen molar-refractivity contribution in [2.24, 2.45) is 0 Å². The van der Waals surface area contributed by atoms with Crippen molar-refractivity contribution in [1.82, 2.24) is 9.97 Å². The average molecular weight is 376 g/mol. The molecule has 3 rings (SSSR count). The molecule has 0 atom stereocenters. The van der Waals surface area contributed by atoms with Gasteiger partial charge in [0.15, 0.2) is 0 Å². The van der Waals surface area contributed by atoms with E-state index in [1.54, 1.807) is 33.1 Å². The molecule has 7 nitrogen and oxygen atoms in total. The summed E-state index contributed by atoms with van der Waals surface area (Å²) in [5.74, 6) is 1.32. The lowest BCUT2D eigenvalue weighted by Crippen LogP contribution is -2.22. The topological polar surface area (TPSA) is 84.4 Å². The minimum atomic E-state index is -3.74. The zero-order chi connectivity index (χ0) is 18.9. The van der Waals surface area contributed by atoms with Crippen LogP contribution in [0.25, 0.3) is 0 Å². The van der Waals surface area contributed by atoms with Gasteiger partial charge < -0.3 is 9.64 Å². The summed E-state index contributed by atoms with van der Waals surface area (Å²) >= 11 is 0. The van der Waals surface area contributed by atoms with Crippen molar-refractivity contribution in [3.8, 4) is 5.75 Å². The van der Waals surface area contributed by atoms with Crippen molar-refractivity contribution < 1.29 is 13.2 Å². The smallest absolute Gasteiger partial charge is 0.262 e. The Kier molecular flexibility index (Phi) is 5.04. The number of ether oxygens (including phenoxy) is 1. The van der Waals surface area contributed by atoms with Crippen LogP contribution in [-0.4, -0.2) is 38.6 Å². The van der Waals surface area contributed by atoms with Gasteiger partial charge in [-0.15, -0.1) is 0 Å². The van der Waals surface area contributed by atoms with Gasteiger partial charge in [-0.25, -0.2) is 18.4 Å². The molecule has 0 saturated carbocycles. The van der Waals surface area contributed by atoms with E-state index >= 15 is 0 Å². The Morgan fingerprint density at radius 1 is 1.08 bits per heavy atom. The number of hydrogen-bond donors (Lipinski definition) is 1. The zero-order valence-electron chi connectivity index (χ0n) is 15.5. The highest BCUT2D eigenvalue weighted by Gasteiger charge is 2.21. The summed E-state index contributed by atoms with van der Waals surface area (Å²) in [6.07, 6.45) is 2.26. The van der Waals surface area contributed by atoms with E-state index < -0.39 is 10.0 Å². The molecular formula is C18H24N4O3S. The molecule has 0 aliphatic carbocycles. The third kappa shape index (κ3) is 3.60. The van der Waals surface area contributed by atoms with E-state index in [0.717, 1.165) is 31.5 Å². The molecule has 26 heavy (non-hydrogen) atoms. The van der Waals surface area contributed by atoms with Gasteiger partial charge in [0.25, 0.3) is 10.0 Å². The van der Waals surface area contributed by atoms with E-state index in [0.29, 0.717) is 28.8 Å². The second-order valence-electron chi connectivity index (χ2n) is 6.50. The van der Waals surface area contributed by atoms with Gasteiger partial charge in [0, 0.05) is 13.1 Å². The van der Waals surface area contributed by atoms with Crippen molar-refractivity contribution in [3.63, 3.8) is 0 Å². The van der Waals surface area contributed by atoms with E-state index in [9.17, 15) is 8.42 Å². The maximum atomic E-state index is 12.8. The molecule has 1 N–H and O–H groups in total. The number of methoxy groups -OCH3 is 1. The summed E-state index contributed by atoms with van der Waals surface area (Å²) in [6, 6.07) is 4.76. The fraction of sp³-hybridized carbons (Fsp3) is 0.444. The number of nitrogens with one attached hydrogen (secondary N) is 1. The lowest BCUT2D eigenvalue weighted by molar-refractivity contribution is 0.411. The standard InChI is InChI=1S/C18H24N4O3S/c1-12-11-15(7-8-16(12)25-4)26(23,24)21-17-13(2)19-18(20-14(17)3)22-9-5-6-10-22/h7-8,11,21H,5-6,9-10H2,1-4H3. The molecule has 0 radical (unpaired) electrons. The van der Waals surface area contributed by atoms with E-state index in [2.05, 4.69) is 19.6 Å². The third-order valence-electron chi connectivity index (χ3n) is 4.56. The van der Waals surface area contributed by atoms with Gasteiger partial charge in [0.2, 0.25) is 5.95 Å². The van der Waals surface area contributed by atoms with Gasteiger partial charge in [-0.05, 0) is 57.4 Å². The van der Waals surface area contributed by atoms with Crippen molar-refractivity contribution in [2.75, 3.05) is 29.8 Å². The van der Waals surface area contributed by atoms with Crippen LogP contribution in [0.4, 0.5) is 11.6 Å². The monoisotopic (exact) mass is 376 g/mol. The van der Waals surface area contributed by atoms with Gasteiger partial charge in [-0.1, -0.05) is 0 Å². The summed E-state index contributed by atoms with van der Waals surface area (Å²) in [7, 11) is -2.18. The van der Waals surface area contributed by atoms with Crippen molar-refractivity contribution in [3.05, 3.63) is 35.2 Å². The second-order valence-corrected chi connectivity index (χ2v) is 8.18. The molecule has 1 fully saturated rings. The van der Waals surface area contributed by atoms with Gasteiger partial charge in [0.1, 0.15) is 5.75 Å². The molecule has 1 aromatic carbocycles. The van der Waals surface area contributed by atoms with Gasteiger partial charge in [0.05, 0.1) is 29.1 Å². The van der Waals surface area contributed by atoms with Crippen LogP contribution in [0.5, 0.6) is 5.75 Å². The normalized spacial score (nSPS) is 14.5. The minimum Gasteiger partial charge on any atom is -0.496 e.